The number of aromatic nitrogens is 2. The first-order chi connectivity index (χ1) is 13.0. The predicted molar refractivity (Wildman–Crippen MR) is 108 cm³/mol. The molecular formula is C21H30N4O2. The van der Waals surface area contributed by atoms with Gasteiger partial charge in [-0.25, -0.2) is 4.68 Å². The van der Waals surface area contributed by atoms with Gasteiger partial charge in [-0.1, -0.05) is 6.92 Å². The Labute approximate surface area is 161 Å². The molecule has 0 amide bonds. The highest BCUT2D eigenvalue weighted by molar-refractivity contribution is 6.05. The Hall–Kier alpha value is -2.34. The molecule has 27 heavy (non-hydrogen) atoms. The number of anilines is 1. The molecule has 6 heteroatoms. The number of ether oxygens (including phenoxy) is 1. The molecular weight excluding hydrogens is 340 g/mol. The second-order valence-corrected chi connectivity index (χ2v) is 7.40. The van der Waals surface area contributed by atoms with E-state index in [0.29, 0.717) is 23.5 Å². The maximum absolute atomic E-state index is 12.8. The fourth-order valence-electron chi connectivity index (χ4n) is 3.57. The van der Waals surface area contributed by atoms with Gasteiger partial charge < -0.3 is 15.8 Å². The topological polar surface area (TPSA) is 82.2 Å². The quantitative estimate of drug-likeness (QED) is 0.724. The van der Waals surface area contributed by atoms with Gasteiger partial charge in [0.1, 0.15) is 17.3 Å². The number of hydrogen-bond acceptors (Lipinski definition) is 5. The van der Waals surface area contributed by atoms with Crippen molar-refractivity contribution in [2.24, 2.45) is 0 Å². The SMILES string of the molecule is CCCC(=O)c1c(-c2ccc(OC(C)C)cc2)nn(C2CCNCC2)c1N. The van der Waals surface area contributed by atoms with Gasteiger partial charge in [-0.05, 0) is 70.5 Å². The first-order valence-electron chi connectivity index (χ1n) is 9.90. The lowest BCUT2D eigenvalue weighted by Crippen LogP contribution is -2.30. The number of nitrogens with one attached hydrogen (secondary N) is 1. The van der Waals surface area contributed by atoms with Crippen LogP contribution in [0.25, 0.3) is 11.3 Å². The zero-order valence-electron chi connectivity index (χ0n) is 16.5. The molecule has 0 saturated carbocycles. The molecule has 6 nitrogen and oxygen atoms in total. The van der Waals surface area contributed by atoms with Crippen molar-refractivity contribution in [3.63, 3.8) is 0 Å². The van der Waals surface area contributed by atoms with Gasteiger partial charge in [0.2, 0.25) is 0 Å². The summed E-state index contributed by atoms with van der Waals surface area (Å²) in [4.78, 5) is 12.8. The van der Waals surface area contributed by atoms with Gasteiger partial charge in [0.05, 0.1) is 17.7 Å². The van der Waals surface area contributed by atoms with Crippen molar-refractivity contribution in [2.75, 3.05) is 18.8 Å². The second kappa shape index (κ2) is 8.57. The summed E-state index contributed by atoms with van der Waals surface area (Å²) < 4.78 is 7.59. The predicted octanol–water partition coefficient (Wildman–Crippen LogP) is 3.83. The molecule has 1 aliphatic heterocycles. The highest BCUT2D eigenvalue weighted by Gasteiger charge is 2.26. The molecule has 1 fully saturated rings. The summed E-state index contributed by atoms with van der Waals surface area (Å²) in [5, 5.41) is 8.16. The highest BCUT2D eigenvalue weighted by atomic mass is 16.5. The Morgan fingerprint density at radius 1 is 1.30 bits per heavy atom. The van der Waals surface area contributed by atoms with Crippen molar-refractivity contribution in [1.82, 2.24) is 15.1 Å². The lowest BCUT2D eigenvalue weighted by Gasteiger charge is -2.23. The number of ketones is 1. The number of carbonyl (C=O) groups is 1. The standard InChI is InChI=1S/C21H30N4O2/c1-4-5-18(26)19-20(15-6-8-17(9-7-15)27-14(2)3)24-25(21(19)22)16-10-12-23-13-11-16/h6-9,14,16,23H,4-5,10-13,22H2,1-3H3. The van der Waals surface area contributed by atoms with E-state index in [2.05, 4.69) is 5.32 Å². The average Bonchev–Trinajstić information content (AvgIpc) is 3.00. The Bertz CT molecular complexity index is 774. The maximum Gasteiger partial charge on any atom is 0.168 e. The van der Waals surface area contributed by atoms with Crippen LogP contribution in [-0.4, -0.2) is 34.8 Å². The molecule has 2 aromatic rings. The molecule has 1 aromatic heterocycles. The van der Waals surface area contributed by atoms with Gasteiger partial charge in [0, 0.05) is 12.0 Å². The summed E-state index contributed by atoms with van der Waals surface area (Å²) in [5.74, 6) is 1.37. The number of nitrogens with two attached hydrogens (primary N) is 1. The van der Waals surface area contributed by atoms with Gasteiger partial charge in [0.15, 0.2) is 5.78 Å². The number of Topliss-reactive ketones (excluding diaryl/α,β-unsaturated/α-hetero) is 1. The van der Waals surface area contributed by atoms with Crippen molar-refractivity contribution in [3.8, 4) is 17.0 Å². The molecule has 1 aromatic carbocycles. The first-order valence-corrected chi connectivity index (χ1v) is 9.90. The zero-order chi connectivity index (χ0) is 19.4. The second-order valence-electron chi connectivity index (χ2n) is 7.40. The van der Waals surface area contributed by atoms with E-state index in [1.165, 1.54) is 0 Å². The van der Waals surface area contributed by atoms with Gasteiger partial charge in [0.25, 0.3) is 0 Å². The summed E-state index contributed by atoms with van der Waals surface area (Å²) in [6.45, 7) is 7.88. The van der Waals surface area contributed by atoms with E-state index in [-0.39, 0.29) is 17.9 Å². The lowest BCUT2D eigenvalue weighted by molar-refractivity contribution is 0.0983. The molecule has 0 aliphatic carbocycles. The normalized spacial score (nSPS) is 15.3. The van der Waals surface area contributed by atoms with Crippen LogP contribution in [-0.2, 0) is 0 Å². The van der Waals surface area contributed by atoms with Crippen LogP contribution in [0.1, 0.15) is 62.9 Å². The van der Waals surface area contributed by atoms with Crippen LogP contribution < -0.4 is 15.8 Å². The maximum atomic E-state index is 12.8. The van der Waals surface area contributed by atoms with Crippen molar-refractivity contribution in [1.29, 1.82) is 0 Å². The molecule has 0 unspecified atom stereocenters. The number of nitrogens with zero attached hydrogens (tertiary/aromatic N) is 2. The van der Waals surface area contributed by atoms with E-state index >= 15 is 0 Å². The summed E-state index contributed by atoms with van der Waals surface area (Å²) in [6, 6.07) is 7.98. The van der Waals surface area contributed by atoms with E-state index < -0.39 is 0 Å². The minimum absolute atomic E-state index is 0.0627. The largest absolute Gasteiger partial charge is 0.491 e. The third-order valence-electron chi connectivity index (χ3n) is 4.86. The molecule has 1 aliphatic rings. The van der Waals surface area contributed by atoms with E-state index in [1.807, 2.05) is 49.7 Å². The fraction of sp³-hybridized carbons (Fsp3) is 0.524. The Balaban J connectivity index is 2.00. The monoisotopic (exact) mass is 370 g/mol. The highest BCUT2D eigenvalue weighted by Crippen LogP contribution is 2.33. The lowest BCUT2D eigenvalue weighted by atomic mass is 10.0. The first kappa shape index (κ1) is 19.4. The van der Waals surface area contributed by atoms with Crippen molar-refractivity contribution >= 4 is 11.6 Å². The van der Waals surface area contributed by atoms with Crippen LogP contribution in [0.2, 0.25) is 0 Å². The Morgan fingerprint density at radius 2 is 1.96 bits per heavy atom. The van der Waals surface area contributed by atoms with Gasteiger partial charge in [-0.3, -0.25) is 4.79 Å². The molecule has 3 rings (SSSR count). The third kappa shape index (κ3) is 4.33. The van der Waals surface area contributed by atoms with Gasteiger partial charge in [-0.2, -0.15) is 5.10 Å². The molecule has 3 N–H and O–H groups in total. The molecule has 2 heterocycles. The van der Waals surface area contributed by atoms with Crippen LogP contribution in [0.5, 0.6) is 5.75 Å². The minimum Gasteiger partial charge on any atom is -0.491 e. The van der Waals surface area contributed by atoms with Crippen molar-refractivity contribution < 1.29 is 9.53 Å². The molecule has 1 saturated heterocycles. The Morgan fingerprint density at radius 3 is 2.56 bits per heavy atom. The van der Waals surface area contributed by atoms with E-state index in [4.69, 9.17) is 15.6 Å². The molecule has 0 radical (unpaired) electrons. The van der Waals surface area contributed by atoms with Crippen LogP contribution >= 0.6 is 0 Å². The Kier molecular flexibility index (Phi) is 6.16. The zero-order valence-corrected chi connectivity index (χ0v) is 16.5. The number of nitrogen functional groups attached to an aromatic ring is 1. The number of rotatable bonds is 7. The van der Waals surface area contributed by atoms with Crippen molar-refractivity contribution in [3.05, 3.63) is 29.8 Å². The van der Waals surface area contributed by atoms with Crippen LogP contribution in [0.15, 0.2) is 24.3 Å². The molecule has 0 spiro atoms. The number of benzene rings is 1. The van der Waals surface area contributed by atoms with E-state index in [1.54, 1.807) is 0 Å². The summed E-state index contributed by atoms with van der Waals surface area (Å²) in [6.07, 6.45) is 3.32. The summed E-state index contributed by atoms with van der Waals surface area (Å²) >= 11 is 0. The van der Waals surface area contributed by atoms with Gasteiger partial charge >= 0.3 is 0 Å². The number of piperidine rings is 1. The van der Waals surface area contributed by atoms with Crippen LogP contribution in [0, 0.1) is 0 Å². The van der Waals surface area contributed by atoms with E-state index in [0.717, 1.165) is 43.7 Å². The fourth-order valence-corrected chi connectivity index (χ4v) is 3.57. The molecule has 0 atom stereocenters. The minimum atomic E-state index is 0.0627. The summed E-state index contributed by atoms with van der Waals surface area (Å²) in [5.41, 5.74) is 8.57. The number of carbonyl (C=O) groups excluding carboxylic acids is 1. The summed E-state index contributed by atoms with van der Waals surface area (Å²) in [7, 11) is 0. The molecule has 0 bridgehead atoms. The smallest absolute Gasteiger partial charge is 0.168 e. The van der Waals surface area contributed by atoms with Crippen molar-refractivity contribution in [2.45, 2.75) is 58.6 Å². The van der Waals surface area contributed by atoms with Crippen LogP contribution in [0.4, 0.5) is 5.82 Å². The van der Waals surface area contributed by atoms with E-state index in [9.17, 15) is 4.79 Å². The third-order valence-corrected chi connectivity index (χ3v) is 4.86. The molecule has 146 valence electrons. The van der Waals surface area contributed by atoms with Gasteiger partial charge in [-0.15, -0.1) is 0 Å². The average molecular weight is 370 g/mol. The van der Waals surface area contributed by atoms with Crippen LogP contribution in [0.3, 0.4) is 0 Å². The number of hydrogen-bond donors (Lipinski definition) is 2.